The highest BCUT2D eigenvalue weighted by Gasteiger charge is 2.15. The predicted molar refractivity (Wildman–Crippen MR) is 76.7 cm³/mol. The zero-order valence-electron chi connectivity index (χ0n) is 11.1. The lowest BCUT2D eigenvalue weighted by Gasteiger charge is -2.19. The Morgan fingerprint density at radius 3 is 2.61 bits per heavy atom. The Morgan fingerprint density at radius 2 is 2.00 bits per heavy atom. The van der Waals surface area contributed by atoms with Crippen molar-refractivity contribution in [2.24, 2.45) is 0 Å². The molecule has 0 heterocycles. The Labute approximate surface area is 117 Å². The highest BCUT2D eigenvalue weighted by molar-refractivity contribution is 9.10. The first-order valence-corrected chi connectivity index (χ1v) is 6.88. The first-order chi connectivity index (χ1) is 8.38. The van der Waals surface area contributed by atoms with Crippen molar-refractivity contribution >= 4 is 22.0 Å². The van der Waals surface area contributed by atoms with E-state index in [-0.39, 0.29) is 6.09 Å². The second-order valence-electron chi connectivity index (χ2n) is 5.12. The SMILES string of the molecule is CC(C)(C)OC(=O)NCCCc1ccccc1Br. The van der Waals surface area contributed by atoms with Crippen LogP contribution >= 0.6 is 15.9 Å². The van der Waals surface area contributed by atoms with E-state index in [1.807, 2.05) is 39.0 Å². The fourth-order valence-electron chi connectivity index (χ4n) is 1.48. The van der Waals surface area contributed by atoms with Crippen LogP contribution in [0, 0.1) is 0 Å². The van der Waals surface area contributed by atoms with Crippen molar-refractivity contribution in [2.45, 2.75) is 39.2 Å². The van der Waals surface area contributed by atoms with E-state index >= 15 is 0 Å². The topological polar surface area (TPSA) is 38.3 Å². The summed E-state index contributed by atoms with van der Waals surface area (Å²) in [6, 6.07) is 8.11. The molecule has 1 aromatic rings. The Morgan fingerprint density at radius 1 is 1.33 bits per heavy atom. The number of benzene rings is 1. The van der Waals surface area contributed by atoms with E-state index in [4.69, 9.17) is 4.74 Å². The van der Waals surface area contributed by atoms with Crippen LogP contribution < -0.4 is 5.32 Å². The molecule has 0 aliphatic rings. The molecule has 1 N–H and O–H groups in total. The fraction of sp³-hybridized carbons (Fsp3) is 0.500. The summed E-state index contributed by atoms with van der Waals surface area (Å²) in [7, 11) is 0. The number of hydrogen-bond donors (Lipinski definition) is 1. The number of ether oxygens (including phenoxy) is 1. The molecule has 0 aliphatic heterocycles. The van der Waals surface area contributed by atoms with Crippen molar-refractivity contribution < 1.29 is 9.53 Å². The highest BCUT2D eigenvalue weighted by atomic mass is 79.9. The van der Waals surface area contributed by atoms with Gasteiger partial charge in [-0.3, -0.25) is 0 Å². The zero-order chi connectivity index (χ0) is 13.6. The molecule has 0 saturated carbocycles. The second kappa shape index (κ2) is 6.78. The summed E-state index contributed by atoms with van der Waals surface area (Å²) < 4.78 is 6.27. The summed E-state index contributed by atoms with van der Waals surface area (Å²) in [5, 5.41) is 2.75. The van der Waals surface area contributed by atoms with Crippen molar-refractivity contribution in [2.75, 3.05) is 6.54 Å². The number of amides is 1. The van der Waals surface area contributed by atoms with Crippen molar-refractivity contribution in [1.82, 2.24) is 5.32 Å². The lowest BCUT2D eigenvalue weighted by Crippen LogP contribution is -2.33. The van der Waals surface area contributed by atoms with Gasteiger partial charge in [0.2, 0.25) is 0 Å². The van der Waals surface area contributed by atoms with Crippen LogP contribution in [0.4, 0.5) is 4.79 Å². The number of hydrogen-bond acceptors (Lipinski definition) is 2. The maximum atomic E-state index is 11.4. The molecule has 1 rings (SSSR count). The van der Waals surface area contributed by atoms with Crippen LogP contribution in [-0.2, 0) is 11.2 Å². The summed E-state index contributed by atoms with van der Waals surface area (Å²) in [4.78, 5) is 11.4. The van der Waals surface area contributed by atoms with Gasteiger partial charge in [0.05, 0.1) is 0 Å². The Balaban J connectivity index is 2.23. The average Bonchev–Trinajstić information content (AvgIpc) is 2.24. The van der Waals surface area contributed by atoms with Gasteiger partial charge in [0.25, 0.3) is 0 Å². The van der Waals surface area contributed by atoms with Crippen LogP contribution in [0.25, 0.3) is 0 Å². The van der Waals surface area contributed by atoms with Crippen LogP contribution in [-0.4, -0.2) is 18.2 Å². The molecule has 18 heavy (non-hydrogen) atoms. The number of halogens is 1. The third kappa shape index (κ3) is 6.05. The maximum absolute atomic E-state index is 11.4. The average molecular weight is 314 g/mol. The standard InChI is InChI=1S/C14H20BrNO2/c1-14(2,3)18-13(17)16-10-6-8-11-7-4-5-9-12(11)15/h4-5,7,9H,6,8,10H2,1-3H3,(H,16,17). The summed E-state index contributed by atoms with van der Waals surface area (Å²) in [6.07, 6.45) is 1.47. The Hall–Kier alpha value is -1.03. The van der Waals surface area contributed by atoms with Crippen molar-refractivity contribution in [3.63, 3.8) is 0 Å². The normalized spacial score (nSPS) is 11.1. The molecule has 4 heteroatoms. The van der Waals surface area contributed by atoms with Gasteiger partial charge in [0, 0.05) is 11.0 Å². The molecule has 0 saturated heterocycles. The van der Waals surface area contributed by atoms with Gasteiger partial charge in [-0.15, -0.1) is 0 Å². The van der Waals surface area contributed by atoms with Gasteiger partial charge in [0.15, 0.2) is 0 Å². The van der Waals surface area contributed by atoms with Crippen molar-refractivity contribution in [3.8, 4) is 0 Å². The molecule has 1 amide bonds. The molecular formula is C14H20BrNO2. The molecule has 1 aromatic carbocycles. The van der Waals surface area contributed by atoms with E-state index < -0.39 is 5.60 Å². The smallest absolute Gasteiger partial charge is 0.407 e. The monoisotopic (exact) mass is 313 g/mol. The molecule has 0 spiro atoms. The van der Waals surface area contributed by atoms with E-state index in [2.05, 4.69) is 27.3 Å². The zero-order valence-corrected chi connectivity index (χ0v) is 12.7. The highest BCUT2D eigenvalue weighted by Crippen LogP contribution is 2.17. The molecular weight excluding hydrogens is 294 g/mol. The molecule has 0 unspecified atom stereocenters. The van der Waals surface area contributed by atoms with E-state index in [1.165, 1.54) is 5.56 Å². The van der Waals surface area contributed by atoms with Gasteiger partial charge in [-0.2, -0.15) is 0 Å². The van der Waals surface area contributed by atoms with Gasteiger partial charge in [-0.05, 0) is 45.2 Å². The second-order valence-corrected chi connectivity index (χ2v) is 5.98. The summed E-state index contributed by atoms with van der Waals surface area (Å²) >= 11 is 3.51. The fourth-order valence-corrected chi connectivity index (χ4v) is 1.97. The minimum Gasteiger partial charge on any atom is -0.444 e. The van der Waals surface area contributed by atoms with Gasteiger partial charge < -0.3 is 10.1 Å². The molecule has 0 fully saturated rings. The summed E-state index contributed by atoms with van der Waals surface area (Å²) in [5.74, 6) is 0. The molecule has 0 atom stereocenters. The first kappa shape index (κ1) is 15.0. The van der Waals surface area contributed by atoms with E-state index in [1.54, 1.807) is 0 Å². The van der Waals surface area contributed by atoms with Crippen LogP contribution in [0.1, 0.15) is 32.8 Å². The number of alkyl carbamates (subject to hydrolysis) is 1. The quantitative estimate of drug-likeness (QED) is 0.856. The number of carbonyl (C=O) groups excluding carboxylic acids is 1. The third-order valence-electron chi connectivity index (χ3n) is 2.25. The summed E-state index contributed by atoms with van der Waals surface area (Å²) in [5.41, 5.74) is 0.815. The number of aryl methyl sites for hydroxylation is 1. The molecule has 0 bridgehead atoms. The Bertz CT molecular complexity index is 399. The summed E-state index contributed by atoms with van der Waals surface area (Å²) in [6.45, 7) is 6.19. The minimum absolute atomic E-state index is 0.352. The molecule has 0 aromatic heterocycles. The predicted octanol–water partition coefficient (Wildman–Crippen LogP) is 3.91. The van der Waals surface area contributed by atoms with E-state index in [0.29, 0.717) is 6.54 Å². The lowest BCUT2D eigenvalue weighted by atomic mass is 10.1. The molecule has 100 valence electrons. The maximum Gasteiger partial charge on any atom is 0.407 e. The number of nitrogens with one attached hydrogen (secondary N) is 1. The minimum atomic E-state index is -0.438. The van der Waals surface area contributed by atoms with Crippen LogP contribution in [0.15, 0.2) is 28.7 Å². The number of carbonyl (C=O) groups is 1. The molecule has 0 aliphatic carbocycles. The van der Waals surface area contributed by atoms with E-state index in [0.717, 1.165) is 17.3 Å². The third-order valence-corrected chi connectivity index (χ3v) is 3.02. The molecule has 3 nitrogen and oxygen atoms in total. The first-order valence-electron chi connectivity index (χ1n) is 6.09. The lowest BCUT2D eigenvalue weighted by molar-refractivity contribution is 0.0527. The van der Waals surface area contributed by atoms with Crippen molar-refractivity contribution in [3.05, 3.63) is 34.3 Å². The number of rotatable bonds is 4. The van der Waals surface area contributed by atoms with Crippen LogP contribution in [0.3, 0.4) is 0 Å². The Kier molecular flexibility index (Phi) is 5.66. The van der Waals surface area contributed by atoms with Gasteiger partial charge in [0.1, 0.15) is 5.60 Å². The van der Waals surface area contributed by atoms with Gasteiger partial charge in [-0.1, -0.05) is 34.1 Å². The van der Waals surface area contributed by atoms with Crippen molar-refractivity contribution in [1.29, 1.82) is 0 Å². The largest absolute Gasteiger partial charge is 0.444 e. The molecule has 0 radical (unpaired) electrons. The van der Waals surface area contributed by atoms with Gasteiger partial charge >= 0.3 is 6.09 Å². The van der Waals surface area contributed by atoms with Gasteiger partial charge in [-0.25, -0.2) is 4.79 Å². The van der Waals surface area contributed by atoms with E-state index in [9.17, 15) is 4.79 Å². The van der Waals surface area contributed by atoms with Crippen LogP contribution in [0.5, 0.6) is 0 Å². The van der Waals surface area contributed by atoms with Crippen LogP contribution in [0.2, 0.25) is 0 Å².